The molecule has 1 aliphatic heterocycles. The lowest BCUT2D eigenvalue weighted by Crippen LogP contribution is -2.58. The summed E-state index contributed by atoms with van der Waals surface area (Å²) in [4.78, 5) is 17.9. The molecule has 1 fully saturated rings. The highest BCUT2D eigenvalue weighted by Crippen LogP contribution is 2.34. The molecule has 1 unspecified atom stereocenters. The molecular weight excluding hydrogens is 478 g/mol. The molecular formula is C28H35N9O. The second-order valence-electron chi connectivity index (χ2n) is 10.2. The zero-order valence-corrected chi connectivity index (χ0v) is 22.7. The fourth-order valence-electron chi connectivity index (χ4n) is 5.67. The summed E-state index contributed by atoms with van der Waals surface area (Å²) in [6.07, 6.45) is 5.66. The monoisotopic (exact) mass is 513 g/mol. The molecule has 10 nitrogen and oxygen atoms in total. The van der Waals surface area contributed by atoms with Crippen LogP contribution >= 0.6 is 0 Å². The van der Waals surface area contributed by atoms with E-state index in [0.717, 1.165) is 53.9 Å². The molecule has 0 N–H and O–H groups in total. The Kier molecular flexibility index (Phi) is 7.04. The van der Waals surface area contributed by atoms with Gasteiger partial charge in [-0.25, -0.2) is 0 Å². The van der Waals surface area contributed by atoms with Gasteiger partial charge in [0.05, 0.1) is 29.7 Å². The van der Waals surface area contributed by atoms with Crippen LogP contribution in [0.1, 0.15) is 45.2 Å². The van der Waals surface area contributed by atoms with Crippen LogP contribution in [0.3, 0.4) is 0 Å². The molecule has 0 spiro atoms. The fraction of sp³-hybridized carbons (Fsp3) is 0.464. The highest BCUT2D eigenvalue weighted by molar-refractivity contribution is 5.88. The molecule has 1 saturated heterocycles. The summed E-state index contributed by atoms with van der Waals surface area (Å²) < 4.78 is 4.95. The molecule has 1 aliphatic rings. The summed E-state index contributed by atoms with van der Waals surface area (Å²) in [5.74, 6) is 0. The Morgan fingerprint density at radius 3 is 2.45 bits per heavy atom. The van der Waals surface area contributed by atoms with Crippen LogP contribution in [0, 0.1) is 11.3 Å². The summed E-state index contributed by atoms with van der Waals surface area (Å²) >= 11 is 0. The third-order valence-electron chi connectivity index (χ3n) is 7.95. The van der Waals surface area contributed by atoms with Gasteiger partial charge in [-0.05, 0) is 25.3 Å². The second-order valence-corrected chi connectivity index (χ2v) is 10.2. The van der Waals surface area contributed by atoms with Gasteiger partial charge < -0.3 is 9.47 Å². The lowest BCUT2D eigenvalue weighted by atomic mass is 9.96. The molecule has 3 atom stereocenters. The number of nitrogens with zero attached hydrogens (tertiary/aromatic N) is 9. The maximum absolute atomic E-state index is 12.9. The molecule has 4 heterocycles. The highest BCUT2D eigenvalue weighted by Gasteiger charge is 2.36. The van der Waals surface area contributed by atoms with Crippen molar-refractivity contribution in [3.63, 3.8) is 0 Å². The Morgan fingerprint density at radius 1 is 1.08 bits per heavy atom. The maximum atomic E-state index is 12.9. The van der Waals surface area contributed by atoms with Crippen LogP contribution in [0.4, 0.5) is 5.69 Å². The first-order valence-corrected chi connectivity index (χ1v) is 13.3. The quantitative estimate of drug-likeness (QED) is 0.373. The van der Waals surface area contributed by atoms with Crippen LogP contribution < -0.4 is 10.5 Å². The number of benzene rings is 1. The number of aryl methyl sites for hydroxylation is 2. The van der Waals surface area contributed by atoms with Crippen molar-refractivity contribution in [3.05, 3.63) is 58.6 Å². The molecule has 0 bridgehead atoms. The minimum Gasteiger partial charge on any atom is -0.364 e. The topological polar surface area (TPSA) is 101 Å². The number of aromatic nitrogens is 6. The number of fused-ring (bicyclic) bond motifs is 1. The predicted molar refractivity (Wildman–Crippen MR) is 148 cm³/mol. The smallest absolute Gasteiger partial charge is 0.252 e. The van der Waals surface area contributed by atoms with Crippen molar-refractivity contribution in [2.24, 2.45) is 14.1 Å². The summed E-state index contributed by atoms with van der Waals surface area (Å²) in [5.41, 5.74) is 5.53. The Morgan fingerprint density at radius 2 is 1.82 bits per heavy atom. The van der Waals surface area contributed by atoms with Gasteiger partial charge in [-0.2, -0.15) is 10.4 Å². The number of piperazine rings is 1. The normalized spacial score (nSPS) is 19.1. The molecule has 0 radical (unpaired) electrons. The van der Waals surface area contributed by atoms with Crippen LogP contribution in [0.5, 0.6) is 0 Å². The lowest BCUT2D eigenvalue weighted by molar-refractivity contribution is 0.101. The number of rotatable bonds is 7. The number of nitriles is 1. The zero-order valence-electron chi connectivity index (χ0n) is 22.7. The third kappa shape index (κ3) is 4.58. The maximum Gasteiger partial charge on any atom is 0.252 e. The predicted octanol–water partition coefficient (Wildman–Crippen LogP) is 3.49. The molecule has 198 valence electrons. The first kappa shape index (κ1) is 25.7. The second kappa shape index (κ2) is 10.4. The number of hydrogen-bond acceptors (Lipinski definition) is 7. The molecule has 0 saturated carbocycles. The van der Waals surface area contributed by atoms with E-state index in [9.17, 15) is 10.1 Å². The van der Waals surface area contributed by atoms with Gasteiger partial charge in [-0.3, -0.25) is 19.1 Å². The molecule has 5 rings (SSSR count). The van der Waals surface area contributed by atoms with Gasteiger partial charge in [0.2, 0.25) is 0 Å². The highest BCUT2D eigenvalue weighted by atomic mass is 16.1. The Bertz CT molecular complexity index is 1520. The molecule has 1 aromatic carbocycles. The van der Waals surface area contributed by atoms with Gasteiger partial charge >= 0.3 is 0 Å². The van der Waals surface area contributed by atoms with Crippen LogP contribution in [0.2, 0.25) is 0 Å². The van der Waals surface area contributed by atoms with Crippen LogP contribution in [0.15, 0.2) is 47.5 Å². The van der Waals surface area contributed by atoms with E-state index >= 15 is 0 Å². The van der Waals surface area contributed by atoms with Crippen molar-refractivity contribution in [1.82, 2.24) is 34.2 Å². The van der Waals surface area contributed by atoms with Gasteiger partial charge in [-0.15, -0.1) is 5.10 Å². The lowest BCUT2D eigenvalue weighted by Gasteiger charge is -2.49. The van der Waals surface area contributed by atoms with Crippen molar-refractivity contribution in [1.29, 1.82) is 5.26 Å². The van der Waals surface area contributed by atoms with E-state index in [1.54, 1.807) is 33.2 Å². The molecule has 3 aromatic heterocycles. The minimum absolute atomic E-state index is 0.0640. The van der Waals surface area contributed by atoms with Crippen molar-refractivity contribution >= 4 is 16.7 Å². The average Bonchev–Trinajstić information content (AvgIpc) is 3.56. The van der Waals surface area contributed by atoms with E-state index in [4.69, 9.17) is 5.10 Å². The number of pyridine rings is 1. The summed E-state index contributed by atoms with van der Waals surface area (Å²) in [6, 6.07) is 13.3. The summed E-state index contributed by atoms with van der Waals surface area (Å²) in [7, 11) is 3.63. The van der Waals surface area contributed by atoms with Crippen molar-refractivity contribution in [2.45, 2.75) is 58.3 Å². The van der Waals surface area contributed by atoms with Crippen molar-refractivity contribution < 1.29 is 0 Å². The SMILES string of the molecule is CC[C@H]1CN(C(C)c2ccc(-c3cn(C)nn3)cc2)[C@H](CC)CN1c1cc(=O)n(C)c2cn(CC#N)nc12. The minimum atomic E-state index is -0.0640. The number of hydrogen-bond donors (Lipinski definition) is 0. The van der Waals surface area contributed by atoms with E-state index in [1.165, 1.54) is 5.56 Å². The zero-order chi connectivity index (χ0) is 27.0. The standard InChI is InChI=1S/C28H35N9O/c1-6-22-16-37(25-14-27(38)34(5)26-18-35(13-12-29)31-28(25)26)23(7-2)15-36(22)19(3)20-8-10-21(11-9-20)24-17-33(4)32-30-24/h8-11,14,17-19,22-23H,6-7,13,15-16H2,1-5H3/t19?,22-,23+/m1/s1. The van der Waals surface area contributed by atoms with E-state index in [2.05, 4.69) is 71.2 Å². The largest absolute Gasteiger partial charge is 0.364 e. The molecule has 0 amide bonds. The summed E-state index contributed by atoms with van der Waals surface area (Å²) in [6.45, 7) is 8.56. The van der Waals surface area contributed by atoms with Crippen molar-refractivity contribution in [2.75, 3.05) is 18.0 Å². The van der Waals surface area contributed by atoms with Gasteiger partial charge in [-0.1, -0.05) is 43.3 Å². The average molecular weight is 514 g/mol. The molecule has 38 heavy (non-hydrogen) atoms. The van der Waals surface area contributed by atoms with E-state index in [1.807, 2.05) is 13.2 Å². The van der Waals surface area contributed by atoms with Crippen LogP contribution in [-0.2, 0) is 20.6 Å². The first-order chi connectivity index (χ1) is 18.3. The first-order valence-electron chi connectivity index (χ1n) is 13.3. The van der Waals surface area contributed by atoms with E-state index in [-0.39, 0.29) is 24.2 Å². The van der Waals surface area contributed by atoms with Crippen LogP contribution in [-0.4, -0.2) is 59.4 Å². The third-order valence-corrected chi connectivity index (χ3v) is 7.95. The Labute approximate surface area is 222 Å². The van der Waals surface area contributed by atoms with Gasteiger partial charge in [0.1, 0.15) is 17.8 Å². The molecule has 4 aromatic rings. The fourth-order valence-corrected chi connectivity index (χ4v) is 5.67. The Hall–Kier alpha value is -3.97. The molecule has 10 heteroatoms. The molecule has 0 aliphatic carbocycles. The number of anilines is 1. The van der Waals surface area contributed by atoms with Gasteiger partial charge in [0.15, 0.2) is 0 Å². The van der Waals surface area contributed by atoms with Crippen LogP contribution in [0.25, 0.3) is 22.3 Å². The van der Waals surface area contributed by atoms with Crippen molar-refractivity contribution in [3.8, 4) is 17.3 Å². The van der Waals surface area contributed by atoms with Gasteiger partial charge in [0.25, 0.3) is 5.56 Å². The Balaban J connectivity index is 1.44. The van der Waals surface area contributed by atoms with Gasteiger partial charge in [0, 0.05) is 56.9 Å². The summed E-state index contributed by atoms with van der Waals surface area (Å²) in [5, 5.41) is 22.2. The van der Waals surface area contributed by atoms with E-state index in [0.29, 0.717) is 6.04 Å². The van der Waals surface area contributed by atoms with E-state index < -0.39 is 0 Å².